The van der Waals surface area contributed by atoms with E-state index in [1.807, 2.05) is 48.5 Å². The summed E-state index contributed by atoms with van der Waals surface area (Å²) < 4.78 is 0. The molecule has 2 nitrogen and oxygen atoms in total. The van der Waals surface area contributed by atoms with Crippen LogP contribution < -0.4 is 26.8 Å². The van der Waals surface area contributed by atoms with Crippen molar-refractivity contribution in [3.05, 3.63) is 115 Å². The lowest BCUT2D eigenvalue weighted by Crippen LogP contribution is -2.27. The van der Waals surface area contributed by atoms with E-state index < -0.39 is 6.04 Å². The van der Waals surface area contributed by atoms with Crippen LogP contribution in [0.1, 0.15) is 0 Å². The molecule has 0 atom stereocenters. The molecule has 4 aromatic rings. The lowest BCUT2D eigenvalue weighted by atomic mass is 10.3. The lowest BCUT2D eigenvalue weighted by molar-refractivity contribution is 1.43. The predicted molar refractivity (Wildman–Crippen MR) is 126 cm³/mol. The molecule has 4 aromatic carbocycles. The lowest BCUT2D eigenvalue weighted by Gasteiger charge is -2.27. The van der Waals surface area contributed by atoms with Gasteiger partial charge in [-0.3, -0.25) is 0 Å². The van der Waals surface area contributed by atoms with Crippen LogP contribution in [-0.4, -0.2) is 0 Å². The monoisotopic (exact) mass is 400 g/mol. The summed E-state index contributed by atoms with van der Waals surface area (Å²) in [7, 11) is 0. The molecule has 4 heteroatoms. The SMILES string of the molecule is S=P(c1ccccc1)(c1ccccc1)c1ccccc1NNc1ccccc1. The maximum absolute atomic E-state index is 6.46. The largest absolute Gasteiger partial charge is 0.301 e. The molecule has 0 unspecified atom stereocenters. The average molecular weight is 400 g/mol. The van der Waals surface area contributed by atoms with Crippen molar-refractivity contribution in [2.45, 2.75) is 0 Å². The van der Waals surface area contributed by atoms with Gasteiger partial charge in [-0.25, -0.2) is 0 Å². The van der Waals surface area contributed by atoms with E-state index in [2.05, 4.69) is 77.6 Å². The Morgan fingerprint density at radius 2 is 0.964 bits per heavy atom. The van der Waals surface area contributed by atoms with Crippen molar-refractivity contribution in [2.75, 3.05) is 10.9 Å². The third-order valence-electron chi connectivity index (χ3n) is 4.60. The Labute approximate surface area is 171 Å². The second-order valence-corrected chi connectivity index (χ2v) is 10.8. The molecule has 0 saturated carbocycles. The van der Waals surface area contributed by atoms with Gasteiger partial charge < -0.3 is 10.9 Å². The number of hydrazine groups is 1. The van der Waals surface area contributed by atoms with Crippen molar-refractivity contribution in [3.8, 4) is 0 Å². The van der Waals surface area contributed by atoms with Gasteiger partial charge in [0, 0.05) is 11.3 Å². The molecule has 0 aliphatic heterocycles. The van der Waals surface area contributed by atoms with Crippen LogP contribution in [0.25, 0.3) is 0 Å². The number of benzene rings is 4. The van der Waals surface area contributed by atoms with E-state index >= 15 is 0 Å². The molecule has 0 amide bonds. The average Bonchev–Trinajstić information content (AvgIpc) is 2.79. The van der Waals surface area contributed by atoms with Gasteiger partial charge >= 0.3 is 0 Å². The molecule has 28 heavy (non-hydrogen) atoms. The molecule has 0 radical (unpaired) electrons. The topological polar surface area (TPSA) is 24.1 Å². The van der Waals surface area contributed by atoms with Crippen molar-refractivity contribution in [1.29, 1.82) is 0 Å². The van der Waals surface area contributed by atoms with E-state index in [0.29, 0.717) is 0 Å². The summed E-state index contributed by atoms with van der Waals surface area (Å²) in [5.74, 6) is 0. The zero-order valence-electron chi connectivity index (χ0n) is 15.3. The Morgan fingerprint density at radius 3 is 1.54 bits per heavy atom. The highest BCUT2D eigenvalue weighted by atomic mass is 32.4. The maximum Gasteiger partial charge on any atom is 0.0630 e. The van der Waals surface area contributed by atoms with Crippen molar-refractivity contribution in [1.82, 2.24) is 0 Å². The number of hydrogen-bond acceptors (Lipinski definition) is 3. The normalized spacial score (nSPS) is 11.0. The summed E-state index contributed by atoms with van der Waals surface area (Å²) in [6, 6.07) is 37.1. The highest BCUT2D eigenvalue weighted by Crippen LogP contribution is 2.44. The van der Waals surface area contributed by atoms with Gasteiger partial charge in [0.15, 0.2) is 0 Å². The van der Waals surface area contributed by atoms with Crippen LogP contribution >= 0.6 is 6.04 Å². The third kappa shape index (κ3) is 3.73. The van der Waals surface area contributed by atoms with Gasteiger partial charge in [-0.2, -0.15) is 0 Å². The molecule has 0 fully saturated rings. The van der Waals surface area contributed by atoms with Crippen LogP contribution in [0.2, 0.25) is 0 Å². The van der Waals surface area contributed by atoms with Gasteiger partial charge in [-0.15, -0.1) is 0 Å². The Hall–Kier alpha value is -2.87. The minimum absolute atomic E-state index is 1.00. The van der Waals surface area contributed by atoms with E-state index in [1.54, 1.807) is 0 Å². The molecule has 2 N–H and O–H groups in total. The Bertz CT molecular complexity index is 1040. The highest BCUT2D eigenvalue weighted by Gasteiger charge is 2.27. The highest BCUT2D eigenvalue weighted by molar-refractivity contribution is 8.25. The summed E-state index contributed by atoms with van der Waals surface area (Å²) in [4.78, 5) is 0. The molecular formula is C24H21N2PS. The quantitative estimate of drug-likeness (QED) is 0.356. The fourth-order valence-corrected chi connectivity index (χ4v) is 7.23. The first-order valence-electron chi connectivity index (χ1n) is 9.16. The first kappa shape index (κ1) is 18.5. The first-order chi connectivity index (χ1) is 13.8. The molecule has 0 heterocycles. The fraction of sp³-hybridized carbons (Fsp3) is 0. The number of rotatable bonds is 6. The van der Waals surface area contributed by atoms with Crippen molar-refractivity contribution < 1.29 is 0 Å². The third-order valence-corrected chi connectivity index (χ3v) is 9.57. The van der Waals surface area contributed by atoms with E-state index in [9.17, 15) is 0 Å². The summed E-state index contributed by atoms with van der Waals surface area (Å²) in [6.07, 6.45) is 0. The minimum atomic E-state index is -2.20. The van der Waals surface area contributed by atoms with Crippen LogP contribution in [0.3, 0.4) is 0 Å². The minimum Gasteiger partial charge on any atom is -0.301 e. The standard InChI is InChI=1S/C24H21N2PS/c28-27(21-14-6-2-7-15-21,22-16-8-3-9-17-22)24-19-11-10-18-23(24)26-25-20-12-4-1-5-13-20/h1-19,25-26H. The number of hydrogen-bond donors (Lipinski definition) is 2. The van der Waals surface area contributed by atoms with E-state index in [1.165, 1.54) is 10.6 Å². The van der Waals surface area contributed by atoms with Crippen molar-refractivity contribution in [3.63, 3.8) is 0 Å². The Kier molecular flexibility index (Phi) is 5.57. The molecule has 4 rings (SSSR count). The number of anilines is 2. The number of para-hydroxylation sites is 2. The number of nitrogens with one attached hydrogen (secondary N) is 2. The zero-order valence-corrected chi connectivity index (χ0v) is 17.0. The van der Waals surface area contributed by atoms with Gasteiger partial charge in [0.2, 0.25) is 0 Å². The smallest absolute Gasteiger partial charge is 0.0630 e. The van der Waals surface area contributed by atoms with Crippen LogP contribution in [0.5, 0.6) is 0 Å². The van der Waals surface area contributed by atoms with Gasteiger partial charge in [-0.05, 0) is 28.8 Å². The first-order valence-corrected chi connectivity index (χ1v) is 12.0. The second-order valence-electron chi connectivity index (χ2n) is 6.41. The molecular weight excluding hydrogens is 379 g/mol. The Morgan fingerprint density at radius 1 is 0.500 bits per heavy atom. The van der Waals surface area contributed by atoms with Crippen LogP contribution in [0.4, 0.5) is 11.4 Å². The maximum atomic E-state index is 6.46. The summed E-state index contributed by atoms with van der Waals surface area (Å²) in [5.41, 5.74) is 8.69. The van der Waals surface area contributed by atoms with Crippen molar-refractivity contribution >= 4 is 45.1 Å². The van der Waals surface area contributed by atoms with Gasteiger partial charge in [0.1, 0.15) is 0 Å². The summed E-state index contributed by atoms with van der Waals surface area (Å²) in [5, 5.41) is 3.51. The zero-order chi connectivity index (χ0) is 19.2. The summed E-state index contributed by atoms with van der Waals surface area (Å²) >= 11 is 6.46. The molecule has 0 saturated heterocycles. The van der Waals surface area contributed by atoms with E-state index in [0.717, 1.165) is 16.7 Å². The molecule has 0 bridgehead atoms. The van der Waals surface area contributed by atoms with Crippen LogP contribution in [0.15, 0.2) is 115 Å². The van der Waals surface area contributed by atoms with Gasteiger partial charge in [0.05, 0.1) is 11.4 Å². The molecule has 138 valence electrons. The van der Waals surface area contributed by atoms with Crippen molar-refractivity contribution in [2.24, 2.45) is 0 Å². The van der Waals surface area contributed by atoms with E-state index in [-0.39, 0.29) is 0 Å². The molecule has 0 spiro atoms. The molecule has 0 aliphatic carbocycles. The molecule has 0 aliphatic rings. The van der Waals surface area contributed by atoms with E-state index in [4.69, 9.17) is 11.8 Å². The van der Waals surface area contributed by atoms with Crippen LogP contribution in [0, 0.1) is 0 Å². The van der Waals surface area contributed by atoms with Gasteiger partial charge in [0.25, 0.3) is 0 Å². The molecule has 0 aromatic heterocycles. The predicted octanol–water partition coefficient (Wildman–Crippen LogP) is 4.88. The fourth-order valence-electron chi connectivity index (χ4n) is 3.22. The van der Waals surface area contributed by atoms with Crippen LogP contribution in [-0.2, 0) is 11.8 Å². The second kappa shape index (κ2) is 8.43. The summed E-state index contributed by atoms with van der Waals surface area (Å²) in [6.45, 7) is 0. The van der Waals surface area contributed by atoms with Gasteiger partial charge in [-0.1, -0.05) is 109 Å². The Balaban J connectivity index is 1.81.